The standard InChI is InChI=1S/C24H34O5/c1-21-8-3-16(25)14-23(21,27)10-5-19-18(21)4-9-22(2)17(6-11-24(19,22)28)15-7-12-29-20(26)13-15/h7,12-13,16-19,25,27-28H,3-6,8-11,14H2,1-2H3/t16-,17+,18?,19?,21+,22+,23-,24-/m0/s1. The Balaban J connectivity index is 1.51. The molecule has 4 aliphatic rings. The minimum absolute atomic E-state index is 0.152. The van der Waals surface area contributed by atoms with E-state index in [1.54, 1.807) is 6.07 Å². The maximum Gasteiger partial charge on any atom is 0.335 e. The third-order valence-electron chi connectivity index (χ3n) is 10.1. The van der Waals surface area contributed by atoms with Gasteiger partial charge in [-0.25, -0.2) is 4.79 Å². The summed E-state index contributed by atoms with van der Waals surface area (Å²) < 4.78 is 4.93. The Kier molecular flexibility index (Phi) is 4.21. The molecule has 0 saturated heterocycles. The summed E-state index contributed by atoms with van der Waals surface area (Å²) in [5, 5.41) is 33.9. The third-order valence-corrected chi connectivity index (χ3v) is 10.1. The number of hydrogen-bond donors (Lipinski definition) is 3. The first-order valence-corrected chi connectivity index (χ1v) is 11.3. The maximum atomic E-state index is 12.2. The summed E-state index contributed by atoms with van der Waals surface area (Å²) in [6.07, 6.45) is 8.03. The van der Waals surface area contributed by atoms with E-state index >= 15 is 0 Å². The van der Waals surface area contributed by atoms with Crippen LogP contribution >= 0.6 is 0 Å². The Labute approximate surface area is 172 Å². The van der Waals surface area contributed by atoms with Crippen LogP contribution < -0.4 is 5.63 Å². The topological polar surface area (TPSA) is 90.9 Å². The highest BCUT2D eigenvalue weighted by molar-refractivity contribution is 5.28. The van der Waals surface area contributed by atoms with Crippen molar-refractivity contribution in [3.05, 3.63) is 34.4 Å². The van der Waals surface area contributed by atoms with Crippen molar-refractivity contribution in [2.75, 3.05) is 0 Å². The van der Waals surface area contributed by atoms with Crippen molar-refractivity contribution in [1.29, 1.82) is 0 Å². The molecular weight excluding hydrogens is 368 g/mol. The summed E-state index contributed by atoms with van der Waals surface area (Å²) in [5.74, 6) is 0.581. The molecule has 1 heterocycles. The van der Waals surface area contributed by atoms with Gasteiger partial charge < -0.3 is 19.7 Å². The minimum atomic E-state index is -0.827. The average molecular weight is 403 g/mol. The van der Waals surface area contributed by atoms with Crippen LogP contribution in [0.15, 0.2) is 27.6 Å². The zero-order valence-corrected chi connectivity index (χ0v) is 17.6. The SMILES string of the molecule is C[C@]12CC[C@H](O)C[C@@]1(O)CCC1C2CC[C@]2(C)[C@@H](c3ccoc(=O)c3)CC[C@]12O. The molecule has 5 nitrogen and oxygen atoms in total. The van der Waals surface area contributed by atoms with Crippen LogP contribution in [0.3, 0.4) is 0 Å². The second kappa shape index (κ2) is 6.18. The van der Waals surface area contributed by atoms with Crippen molar-refractivity contribution < 1.29 is 19.7 Å². The summed E-state index contributed by atoms with van der Waals surface area (Å²) in [5.41, 5.74) is -1.48. The molecule has 5 rings (SSSR count). The van der Waals surface area contributed by atoms with Gasteiger partial charge in [-0.05, 0) is 86.2 Å². The van der Waals surface area contributed by atoms with Gasteiger partial charge in [0.1, 0.15) is 0 Å². The fraction of sp³-hybridized carbons (Fsp3) is 0.792. The molecule has 0 aliphatic heterocycles. The molecule has 4 aliphatic carbocycles. The largest absolute Gasteiger partial charge is 0.431 e. The lowest BCUT2D eigenvalue weighted by Crippen LogP contribution is -2.67. The first kappa shape index (κ1) is 19.8. The summed E-state index contributed by atoms with van der Waals surface area (Å²) in [7, 11) is 0. The van der Waals surface area contributed by atoms with Crippen LogP contribution in [0.5, 0.6) is 0 Å². The van der Waals surface area contributed by atoms with Crippen molar-refractivity contribution in [3.8, 4) is 0 Å². The summed E-state index contributed by atoms with van der Waals surface area (Å²) in [6, 6.07) is 3.48. The highest BCUT2D eigenvalue weighted by Crippen LogP contribution is 2.71. The lowest BCUT2D eigenvalue weighted by atomic mass is 9.42. The normalized spacial score (nSPS) is 51.8. The third kappa shape index (κ3) is 2.47. The van der Waals surface area contributed by atoms with Crippen LogP contribution in [0.2, 0.25) is 0 Å². The van der Waals surface area contributed by atoms with Crippen molar-refractivity contribution in [2.45, 2.75) is 94.9 Å². The number of fused-ring (bicyclic) bond motifs is 5. The van der Waals surface area contributed by atoms with Gasteiger partial charge >= 0.3 is 5.63 Å². The van der Waals surface area contributed by atoms with Crippen LogP contribution in [0.4, 0.5) is 0 Å². The van der Waals surface area contributed by atoms with E-state index in [2.05, 4.69) is 13.8 Å². The van der Waals surface area contributed by atoms with Gasteiger partial charge in [0, 0.05) is 17.9 Å². The smallest absolute Gasteiger partial charge is 0.335 e. The second-order valence-corrected chi connectivity index (χ2v) is 11.0. The number of rotatable bonds is 1. The number of aliphatic hydroxyl groups is 3. The van der Waals surface area contributed by atoms with E-state index in [0.29, 0.717) is 12.8 Å². The van der Waals surface area contributed by atoms with Gasteiger partial charge in [0.25, 0.3) is 0 Å². The van der Waals surface area contributed by atoms with Crippen molar-refractivity contribution in [2.24, 2.45) is 22.7 Å². The van der Waals surface area contributed by atoms with Gasteiger partial charge in [-0.2, -0.15) is 0 Å². The molecule has 0 spiro atoms. The molecule has 0 radical (unpaired) electrons. The van der Waals surface area contributed by atoms with Crippen molar-refractivity contribution in [3.63, 3.8) is 0 Å². The van der Waals surface area contributed by atoms with Crippen LogP contribution in [0, 0.1) is 22.7 Å². The summed E-state index contributed by atoms with van der Waals surface area (Å²) >= 11 is 0. The Hall–Kier alpha value is -1.17. The van der Waals surface area contributed by atoms with E-state index in [4.69, 9.17) is 4.42 Å². The van der Waals surface area contributed by atoms with Gasteiger partial charge in [-0.1, -0.05) is 13.8 Å². The zero-order valence-electron chi connectivity index (χ0n) is 17.6. The highest BCUT2D eigenvalue weighted by Gasteiger charge is 2.69. The number of aliphatic hydroxyl groups excluding tert-OH is 1. The van der Waals surface area contributed by atoms with Gasteiger partial charge in [0.2, 0.25) is 0 Å². The zero-order chi connectivity index (χ0) is 20.7. The molecule has 4 saturated carbocycles. The molecule has 4 fully saturated rings. The molecular formula is C24H34O5. The van der Waals surface area contributed by atoms with E-state index in [1.807, 2.05) is 6.07 Å². The quantitative estimate of drug-likeness (QED) is 0.670. The lowest BCUT2D eigenvalue weighted by molar-refractivity contribution is -0.253. The summed E-state index contributed by atoms with van der Waals surface area (Å²) in [6.45, 7) is 4.42. The molecule has 160 valence electrons. The predicted molar refractivity (Wildman–Crippen MR) is 108 cm³/mol. The fourth-order valence-corrected chi connectivity index (χ4v) is 8.35. The van der Waals surface area contributed by atoms with Crippen LogP contribution in [0.25, 0.3) is 0 Å². The minimum Gasteiger partial charge on any atom is -0.431 e. The van der Waals surface area contributed by atoms with E-state index < -0.39 is 17.3 Å². The van der Waals surface area contributed by atoms with Gasteiger partial charge in [0.05, 0.1) is 23.6 Å². The first-order valence-electron chi connectivity index (χ1n) is 11.3. The highest BCUT2D eigenvalue weighted by atomic mass is 16.4. The van der Waals surface area contributed by atoms with Gasteiger partial charge in [0.15, 0.2) is 0 Å². The van der Waals surface area contributed by atoms with Crippen LogP contribution in [-0.4, -0.2) is 32.6 Å². The first-order chi connectivity index (χ1) is 13.6. The van der Waals surface area contributed by atoms with E-state index in [0.717, 1.165) is 50.5 Å². The predicted octanol–water partition coefficient (Wildman–Crippen LogP) is 3.36. The monoisotopic (exact) mass is 402 g/mol. The molecule has 0 aromatic carbocycles. The molecule has 2 unspecified atom stereocenters. The Bertz CT molecular complexity index is 865. The summed E-state index contributed by atoms with van der Waals surface area (Å²) in [4.78, 5) is 11.8. The molecule has 1 aromatic heterocycles. The molecule has 1 aromatic rings. The molecule has 29 heavy (non-hydrogen) atoms. The van der Waals surface area contributed by atoms with E-state index in [9.17, 15) is 20.1 Å². The second-order valence-electron chi connectivity index (χ2n) is 11.0. The Morgan fingerprint density at radius 3 is 2.45 bits per heavy atom. The van der Waals surface area contributed by atoms with E-state index in [1.165, 1.54) is 6.26 Å². The lowest BCUT2D eigenvalue weighted by Gasteiger charge is -2.66. The molecule has 0 amide bonds. The van der Waals surface area contributed by atoms with Crippen molar-refractivity contribution in [1.82, 2.24) is 0 Å². The van der Waals surface area contributed by atoms with E-state index in [-0.39, 0.29) is 34.2 Å². The Morgan fingerprint density at radius 1 is 0.966 bits per heavy atom. The van der Waals surface area contributed by atoms with Gasteiger partial charge in [-0.15, -0.1) is 0 Å². The maximum absolute atomic E-state index is 12.2. The molecule has 8 atom stereocenters. The van der Waals surface area contributed by atoms with Crippen molar-refractivity contribution >= 4 is 0 Å². The van der Waals surface area contributed by atoms with Crippen LogP contribution in [-0.2, 0) is 0 Å². The van der Waals surface area contributed by atoms with Crippen LogP contribution in [0.1, 0.15) is 83.1 Å². The Morgan fingerprint density at radius 2 is 1.69 bits per heavy atom. The van der Waals surface area contributed by atoms with Gasteiger partial charge in [-0.3, -0.25) is 0 Å². The number of hydrogen-bond acceptors (Lipinski definition) is 5. The molecule has 0 bridgehead atoms. The fourth-order valence-electron chi connectivity index (χ4n) is 8.35. The average Bonchev–Trinajstić information content (AvgIpc) is 2.94. The molecule has 3 N–H and O–H groups in total. The molecule has 5 heteroatoms.